The van der Waals surface area contributed by atoms with Crippen LogP contribution in [-0.4, -0.2) is 20.5 Å². The van der Waals surface area contributed by atoms with Crippen molar-refractivity contribution in [2.75, 3.05) is 20.5 Å². The quantitative estimate of drug-likeness (QED) is 0.306. The molecule has 4 aliphatic rings. The van der Waals surface area contributed by atoms with E-state index in [1.165, 1.54) is 60.8 Å². The Balaban J connectivity index is 1.57. The normalized spacial score (nSPS) is 28.2. The van der Waals surface area contributed by atoms with Crippen molar-refractivity contribution < 1.29 is 14.2 Å². The summed E-state index contributed by atoms with van der Waals surface area (Å²) in [7, 11) is 1.71. The molecule has 0 amide bonds. The van der Waals surface area contributed by atoms with Gasteiger partial charge in [-0.05, 0) is 104 Å². The van der Waals surface area contributed by atoms with Crippen molar-refractivity contribution in [1.29, 1.82) is 0 Å². The van der Waals surface area contributed by atoms with Crippen molar-refractivity contribution in [2.45, 2.75) is 70.6 Å². The van der Waals surface area contributed by atoms with Gasteiger partial charge in [0.1, 0.15) is 11.5 Å². The lowest BCUT2D eigenvalue weighted by Crippen LogP contribution is -2.48. The Morgan fingerprint density at radius 1 is 0.938 bits per heavy atom. The van der Waals surface area contributed by atoms with E-state index in [4.69, 9.17) is 14.2 Å². The molecule has 3 nitrogen and oxygen atoms in total. The van der Waals surface area contributed by atoms with Crippen LogP contribution < -0.4 is 9.47 Å². The van der Waals surface area contributed by atoms with Crippen LogP contribution in [0.1, 0.15) is 69.4 Å². The molecule has 32 heavy (non-hydrogen) atoms. The fourth-order valence-electron chi connectivity index (χ4n) is 7.18. The first-order valence-electron chi connectivity index (χ1n) is 12.6. The number of methoxy groups -OCH3 is 1. The maximum Gasteiger partial charge on any atom is 0.188 e. The standard InChI is InChI=1S/C29H38O3/c1-4-5-9-31-25-8-6-7-24(15-25)26-10-20(2)11-27(28(26)32-19-30-3)29-16-21-12-22(17-29)14-23(13-21)18-29/h6-8,10-11,15,21-23H,4-5,9,12-14,16-19H2,1-3H3. The van der Waals surface area contributed by atoms with Crippen LogP contribution in [0, 0.1) is 24.7 Å². The number of hydrogen-bond acceptors (Lipinski definition) is 3. The van der Waals surface area contributed by atoms with E-state index in [-0.39, 0.29) is 12.2 Å². The van der Waals surface area contributed by atoms with Crippen LogP contribution in [0.15, 0.2) is 36.4 Å². The highest BCUT2D eigenvalue weighted by Gasteiger charge is 2.52. The van der Waals surface area contributed by atoms with Gasteiger partial charge in [-0.2, -0.15) is 0 Å². The second kappa shape index (κ2) is 9.09. The molecule has 0 atom stereocenters. The zero-order valence-electron chi connectivity index (χ0n) is 20.0. The Bertz CT molecular complexity index is 912. The number of benzene rings is 2. The van der Waals surface area contributed by atoms with Gasteiger partial charge in [-0.3, -0.25) is 0 Å². The zero-order chi connectivity index (χ0) is 22.1. The van der Waals surface area contributed by atoms with Crippen molar-refractivity contribution in [3.63, 3.8) is 0 Å². The first kappa shape index (κ1) is 21.8. The number of unbranched alkanes of at least 4 members (excludes halogenated alkanes) is 1. The van der Waals surface area contributed by atoms with E-state index in [0.29, 0.717) is 0 Å². The Morgan fingerprint density at radius 3 is 2.31 bits per heavy atom. The molecule has 0 aliphatic heterocycles. The predicted octanol–water partition coefficient (Wildman–Crippen LogP) is 7.29. The SMILES string of the molecule is CCCCOc1cccc(-c2cc(C)cc(C34CC5CC(CC(C5)C3)C4)c2OCOC)c1. The summed E-state index contributed by atoms with van der Waals surface area (Å²) in [6.07, 6.45) is 10.5. The van der Waals surface area contributed by atoms with E-state index in [2.05, 4.69) is 50.2 Å². The zero-order valence-corrected chi connectivity index (χ0v) is 20.0. The summed E-state index contributed by atoms with van der Waals surface area (Å²) in [6, 6.07) is 13.2. The molecule has 0 unspecified atom stereocenters. The first-order chi connectivity index (χ1) is 15.6. The molecule has 0 N–H and O–H groups in total. The van der Waals surface area contributed by atoms with Crippen molar-refractivity contribution in [1.82, 2.24) is 0 Å². The topological polar surface area (TPSA) is 27.7 Å². The average molecular weight is 435 g/mol. The molecule has 4 saturated carbocycles. The third kappa shape index (κ3) is 4.17. The minimum absolute atomic E-state index is 0.272. The van der Waals surface area contributed by atoms with Gasteiger partial charge in [-0.1, -0.05) is 31.5 Å². The van der Waals surface area contributed by atoms with Crippen LogP contribution in [-0.2, 0) is 10.2 Å². The van der Waals surface area contributed by atoms with Crippen molar-refractivity contribution in [2.24, 2.45) is 17.8 Å². The van der Waals surface area contributed by atoms with Gasteiger partial charge in [0.25, 0.3) is 0 Å². The molecule has 2 aromatic carbocycles. The average Bonchev–Trinajstić information content (AvgIpc) is 2.77. The lowest BCUT2D eigenvalue weighted by molar-refractivity contribution is -0.00877. The first-order valence-corrected chi connectivity index (χ1v) is 12.6. The van der Waals surface area contributed by atoms with E-state index in [9.17, 15) is 0 Å². The maximum absolute atomic E-state index is 6.39. The molecule has 6 rings (SSSR count). The van der Waals surface area contributed by atoms with Gasteiger partial charge < -0.3 is 14.2 Å². The molecule has 3 heteroatoms. The summed E-state index contributed by atoms with van der Waals surface area (Å²) in [4.78, 5) is 0. The summed E-state index contributed by atoms with van der Waals surface area (Å²) < 4.78 is 17.8. The van der Waals surface area contributed by atoms with Crippen LogP contribution >= 0.6 is 0 Å². The smallest absolute Gasteiger partial charge is 0.188 e. The van der Waals surface area contributed by atoms with Gasteiger partial charge in [0.15, 0.2) is 6.79 Å². The molecule has 4 aliphatic carbocycles. The summed E-state index contributed by atoms with van der Waals surface area (Å²) in [5.74, 6) is 4.67. The molecule has 4 fully saturated rings. The van der Waals surface area contributed by atoms with Crippen molar-refractivity contribution in [3.05, 3.63) is 47.5 Å². The monoisotopic (exact) mass is 434 g/mol. The Hall–Kier alpha value is -2.00. The highest BCUT2D eigenvalue weighted by Crippen LogP contribution is 2.62. The van der Waals surface area contributed by atoms with Gasteiger partial charge in [0.2, 0.25) is 0 Å². The summed E-state index contributed by atoms with van der Waals surface area (Å²) in [6.45, 7) is 5.47. The van der Waals surface area contributed by atoms with Crippen LogP contribution in [0.5, 0.6) is 11.5 Å². The molecule has 0 saturated heterocycles. The highest BCUT2D eigenvalue weighted by molar-refractivity contribution is 5.75. The van der Waals surface area contributed by atoms with E-state index in [0.717, 1.165) is 48.7 Å². The molecule has 4 bridgehead atoms. The van der Waals surface area contributed by atoms with Gasteiger partial charge in [-0.25, -0.2) is 0 Å². The maximum atomic E-state index is 6.39. The van der Waals surface area contributed by atoms with Crippen molar-refractivity contribution >= 4 is 0 Å². The Labute approximate surface area is 193 Å². The molecule has 172 valence electrons. The van der Waals surface area contributed by atoms with E-state index < -0.39 is 0 Å². The second-order valence-electron chi connectivity index (χ2n) is 10.7. The third-order valence-electron chi connectivity index (χ3n) is 8.08. The minimum atomic E-state index is 0.272. The van der Waals surface area contributed by atoms with Crippen LogP contribution in [0.3, 0.4) is 0 Å². The molecule has 2 aromatic rings. The fraction of sp³-hybridized carbons (Fsp3) is 0.586. The van der Waals surface area contributed by atoms with Gasteiger partial charge >= 0.3 is 0 Å². The molecular formula is C29H38O3. The van der Waals surface area contributed by atoms with Gasteiger partial charge in [-0.15, -0.1) is 0 Å². The largest absolute Gasteiger partial charge is 0.494 e. The Kier molecular flexibility index (Phi) is 6.20. The number of ether oxygens (including phenoxy) is 3. The van der Waals surface area contributed by atoms with Crippen molar-refractivity contribution in [3.8, 4) is 22.6 Å². The molecule has 0 aromatic heterocycles. The lowest BCUT2D eigenvalue weighted by Gasteiger charge is -2.57. The number of aryl methyl sites for hydroxylation is 1. The number of hydrogen-bond donors (Lipinski definition) is 0. The highest BCUT2D eigenvalue weighted by atomic mass is 16.7. The number of rotatable bonds is 9. The van der Waals surface area contributed by atoms with Crippen LogP contribution in [0.2, 0.25) is 0 Å². The predicted molar refractivity (Wildman–Crippen MR) is 129 cm³/mol. The Morgan fingerprint density at radius 2 is 1.66 bits per heavy atom. The van der Waals surface area contributed by atoms with Crippen LogP contribution in [0.4, 0.5) is 0 Å². The minimum Gasteiger partial charge on any atom is -0.494 e. The van der Waals surface area contributed by atoms with E-state index in [1.54, 1.807) is 7.11 Å². The molecule has 0 heterocycles. The fourth-order valence-corrected chi connectivity index (χ4v) is 7.18. The summed E-state index contributed by atoms with van der Waals surface area (Å²) >= 11 is 0. The summed E-state index contributed by atoms with van der Waals surface area (Å²) in [5, 5.41) is 0. The van der Waals surface area contributed by atoms with E-state index in [1.807, 2.05) is 0 Å². The third-order valence-corrected chi connectivity index (χ3v) is 8.08. The summed E-state index contributed by atoms with van der Waals surface area (Å²) in [5.41, 5.74) is 5.36. The van der Waals surface area contributed by atoms with Gasteiger partial charge in [0.05, 0.1) is 6.61 Å². The molecule has 0 spiro atoms. The second-order valence-corrected chi connectivity index (χ2v) is 10.7. The van der Waals surface area contributed by atoms with E-state index >= 15 is 0 Å². The molecule has 0 radical (unpaired) electrons. The lowest BCUT2D eigenvalue weighted by atomic mass is 9.48. The van der Waals surface area contributed by atoms with Crippen LogP contribution in [0.25, 0.3) is 11.1 Å². The van der Waals surface area contributed by atoms with Gasteiger partial charge in [0, 0.05) is 18.2 Å². The molecular weight excluding hydrogens is 396 g/mol.